The van der Waals surface area contributed by atoms with Crippen LogP contribution in [0.2, 0.25) is 0 Å². The highest BCUT2D eigenvalue weighted by atomic mass is 32.2. The van der Waals surface area contributed by atoms with E-state index in [-0.39, 0.29) is 12.3 Å². The summed E-state index contributed by atoms with van der Waals surface area (Å²) in [5.41, 5.74) is 0.694. The van der Waals surface area contributed by atoms with E-state index in [4.69, 9.17) is 10.00 Å². The Balaban J connectivity index is 2.55. The van der Waals surface area contributed by atoms with E-state index in [0.717, 1.165) is 0 Å². The van der Waals surface area contributed by atoms with E-state index in [1.807, 2.05) is 6.07 Å². The van der Waals surface area contributed by atoms with Gasteiger partial charge in [-0.1, -0.05) is 18.2 Å². The molecule has 114 valence electrons. The van der Waals surface area contributed by atoms with Gasteiger partial charge in [0, 0.05) is 13.7 Å². The number of carbonyl (C=O) groups is 1. The minimum Gasteiger partial charge on any atom is -0.383 e. The van der Waals surface area contributed by atoms with Gasteiger partial charge >= 0.3 is 0 Å². The Labute approximate surface area is 124 Å². The van der Waals surface area contributed by atoms with Gasteiger partial charge < -0.3 is 10.1 Å². The number of amides is 1. The molecule has 0 saturated heterocycles. The van der Waals surface area contributed by atoms with Crippen LogP contribution in [-0.2, 0) is 25.3 Å². The van der Waals surface area contributed by atoms with Gasteiger partial charge in [-0.05, 0) is 11.6 Å². The summed E-state index contributed by atoms with van der Waals surface area (Å²) in [6, 6.07) is 8.36. The van der Waals surface area contributed by atoms with Crippen molar-refractivity contribution in [3.05, 3.63) is 35.4 Å². The molecule has 0 spiro atoms. The van der Waals surface area contributed by atoms with Crippen molar-refractivity contribution in [2.75, 3.05) is 26.8 Å². The number of nitrogens with one attached hydrogen (secondary N) is 2. The zero-order valence-electron chi connectivity index (χ0n) is 11.6. The summed E-state index contributed by atoms with van der Waals surface area (Å²) in [4.78, 5) is 11.4. The van der Waals surface area contributed by atoms with E-state index in [0.29, 0.717) is 24.3 Å². The second-order valence-corrected chi connectivity index (χ2v) is 6.00. The molecule has 0 heterocycles. The van der Waals surface area contributed by atoms with E-state index >= 15 is 0 Å². The summed E-state index contributed by atoms with van der Waals surface area (Å²) < 4.78 is 30.7. The van der Waals surface area contributed by atoms with Crippen LogP contribution in [0.1, 0.15) is 11.1 Å². The van der Waals surface area contributed by atoms with Crippen molar-refractivity contribution >= 4 is 15.9 Å². The third kappa shape index (κ3) is 6.35. The zero-order valence-corrected chi connectivity index (χ0v) is 12.4. The van der Waals surface area contributed by atoms with Crippen molar-refractivity contribution < 1.29 is 17.9 Å². The smallest absolute Gasteiger partial charge is 0.235 e. The fraction of sp³-hybridized carbons (Fsp3) is 0.385. The van der Waals surface area contributed by atoms with Crippen LogP contribution in [0.3, 0.4) is 0 Å². The standard InChI is InChI=1S/C13H17N3O4S/c1-20-7-6-15-13(17)9-16-21(18,19)10-12-5-3-2-4-11(12)8-14/h2-5,16H,6-7,9-10H2,1H3,(H,15,17). The van der Waals surface area contributed by atoms with Crippen molar-refractivity contribution in [1.82, 2.24) is 10.0 Å². The summed E-state index contributed by atoms with van der Waals surface area (Å²) in [7, 11) is -2.18. The van der Waals surface area contributed by atoms with Gasteiger partial charge in [-0.25, -0.2) is 13.1 Å². The second-order valence-electron chi connectivity index (χ2n) is 4.19. The summed E-state index contributed by atoms with van der Waals surface area (Å²) >= 11 is 0. The predicted octanol–water partition coefficient (Wildman–Crippen LogP) is -0.260. The number of carbonyl (C=O) groups excluding carboxylic acids is 1. The highest BCUT2D eigenvalue weighted by molar-refractivity contribution is 7.88. The molecule has 8 heteroatoms. The first-order chi connectivity index (χ1) is 9.98. The predicted molar refractivity (Wildman–Crippen MR) is 76.7 cm³/mol. The van der Waals surface area contributed by atoms with Crippen LogP contribution >= 0.6 is 0 Å². The molecule has 2 N–H and O–H groups in total. The largest absolute Gasteiger partial charge is 0.383 e. The van der Waals surface area contributed by atoms with Crippen molar-refractivity contribution in [1.29, 1.82) is 5.26 Å². The molecule has 1 aromatic rings. The van der Waals surface area contributed by atoms with Crippen LogP contribution < -0.4 is 10.0 Å². The maximum absolute atomic E-state index is 11.9. The molecule has 1 aromatic carbocycles. The summed E-state index contributed by atoms with van der Waals surface area (Å²) in [6.45, 7) is 0.323. The van der Waals surface area contributed by atoms with Crippen LogP contribution in [0.4, 0.5) is 0 Å². The lowest BCUT2D eigenvalue weighted by atomic mass is 10.1. The minimum absolute atomic E-state index is 0.299. The van der Waals surface area contributed by atoms with Gasteiger partial charge in [-0.2, -0.15) is 5.26 Å². The molecule has 1 rings (SSSR count). The van der Waals surface area contributed by atoms with Gasteiger partial charge in [0.15, 0.2) is 0 Å². The number of ether oxygens (including phenoxy) is 1. The molecule has 21 heavy (non-hydrogen) atoms. The van der Waals surface area contributed by atoms with Gasteiger partial charge in [-0.3, -0.25) is 4.79 Å². The molecule has 0 atom stereocenters. The van der Waals surface area contributed by atoms with Crippen molar-refractivity contribution in [3.63, 3.8) is 0 Å². The number of rotatable bonds is 8. The van der Waals surface area contributed by atoms with Crippen LogP contribution in [0.25, 0.3) is 0 Å². The molecule has 1 amide bonds. The fourth-order valence-corrected chi connectivity index (χ4v) is 2.66. The molecule has 0 aliphatic carbocycles. The number of methoxy groups -OCH3 is 1. The summed E-state index contributed by atoms with van der Waals surface area (Å²) in [5.74, 6) is -0.786. The SMILES string of the molecule is COCCNC(=O)CNS(=O)(=O)Cc1ccccc1C#N. The molecule has 0 aliphatic heterocycles. The number of sulfonamides is 1. The lowest BCUT2D eigenvalue weighted by Gasteiger charge is -2.08. The third-order valence-electron chi connectivity index (χ3n) is 2.56. The van der Waals surface area contributed by atoms with Gasteiger partial charge in [0.1, 0.15) is 0 Å². The monoisotopic (exact) mass is 311 g/mol. The fourth-order valence-electron chi connectivity index (χ4n) is 1.54. The topological polar surface area (TPSA) is 108 Å². The quantitative estimate of drug-likeness (QED) is 0.643. The Bertz CT molecular complexity index is 623. The highest BCUT2D eigenvalue weighted by Crippen LogP contribution is 2.10. The molecule has 0 radical (unpaired) electrons. The lowest BCUT2D eigenvalue weighted by molar-refractivity contribution is -0.120. The van der Waals surface area contributed by atoms with Crippen molar-refractivity contribution in [3.8, 4) is 6.07 Å². The van der Waals surface area contributed by atoms with E-state index in [1.165, 1.54) is 7.11 Å². The Kier molecular flexibility index (Phi) is 6.81. The number of hydrogen-bond donors (Lipinski definition) is 2. The van der Waals surface area contributed by atoms with Crippen LogP contribution in [0.5, 0.6) is 0 Å². The minimum atomic E-state index is -3.69. The molecule has 0 fully saturated rings. The van der Waals surface area contributed by atoms with Gasteiger partial charge in [-0.15, -0.1) is 0 Å². The normalized spacial score (nSPS) is 10.9. The van der Waals surface area contributed by atoms with Gasteiger partial charge in [0.2, 0.25) is 15.9 Å². The van der Waals surface area contributed by atoms with Crippen LogP contribution in [-0.4, -0.2) is 41.1 Å². The van der Waals surface area contributed by atoms with Crippen LogP contribution in [0.15, 0.2) is 24.3 Å². The van der Waals surface area contributed by atoms with E-state index in [2.05, 4.69) is 10.0 Å². The first-order valence-electron chi connectivity index (χ1n) is 6.19. The van der Waals surface area contributed by atoms with E-state index < -0.39 is 15.9 Å². The Morgan fingerprint density at radius 1 is 1.38 bits per heavy atom. The molecule has 0 aromatic heterocycles. The van der Waals surface area contributed by atoms with E-state index in [1.54, 1.807) is 24.3 Å². The molecule has 0 saturated carbocycles. The van der Waals surface area contributed by atoms with Crippen molar-refractivity contribution in [2.24, 2.45) is 0 Å². The molecular weight excluding hydrogens is 294 g/mol. The lowest BCUT2D eigenvalue weighted by Crippen LogP contribution is -2.38. The first-order valence-corrected chi connectivity index (χ1v) is 7.84. The van der Waals surface area contributed by atoms with Crippen LogP contribution in [0, 0.1) is 11.3 Å². The number of nitrogens with zero attached hydrogens (tertiary/aromatic N) is 1. The average Bonchev–Trinajstić information content (AvgIpc) is 2.46. The second kappa shape index (κ2) is 8.36. The number of nitriles is 1. The zero-order chi connectivity index (χ0) is 15.7. The number of hydrogen-bond acceptors (Lipinski definition) is 5. The third-order valence-corrected chi connectivity index (χ3v) is 3.84. The maximum atomic E-state index is 11.9. The Morgan fingerprint density at radius 3 is 2.76 bits per heavy atom. The summed E-state index contributed by atoms with van der Waals surface area (Å²) in [6.07, 6.45) is 0. The van der Waals surface area contributed by atoms with Gasteiger partial charge in [0.05, 0.1) is 30.5 Å². The molecule has 0 unspecified atom stereocenters. The van der Waals surface area contributed by atoms with E-state index in [9.17, 15) is 13.2 Å². The molecule has 0 aliphatic rings. The summed E-state index contributed by atoms with van der Waals surface area (Å²) in [5, 5.41) is 11.4. The number of benzene rings is 1. The maximum Gasteiger partial charge on any atom is 0.235 e. The molecular formula is C13H17N3O4S. The highest BCUT2D eigenvalue weighted by Gasteiger charge is 2.15. The average molecular weight is 311 g/mol. The first kappa shape index (κ1) is 17.1. The van der Waals surface area contributed by atoms with Crippen molar-refractivity contribution in [2.45, 2.75) is 5.75 Å². The molecule has 0 bridgehead atoms. The Hall–Kier alpha value is -1.95. The Morgan fingerprint density at radius 2 is 2.10 bits per heavy atom. The molecule has 7 nitrogen and oxygen atoms in total. The van der Waals surface area contributed by atoms with Gasteiger partial charge in [0.25, 0.3) is 0 Å².